The van der Waals surface area contributed by atoms with Crippen molar-refractivity contribution in [1.29, 1.82) is 0 Å². The summed E-state index contributed by atoms with van der Waals surface area (Å²) in [5, 5.41) is 3.42. The zero-order chi connectivity index (χ0) is 16.6. The summed E-state index contributed by atoms with van der Waals surface area (Å²) in [6.45, 7) is 4.12. The minimum atomic E-state index is 0.173. The van der Waals surface area contributed by atoms with E-state index >= 15 is 0 Å². The zero-order valence-electron chi connectivity index (χ0n) is 12.8. The number of methoxy groups -OCH3 is 1. The summed E-state index contributed by atoms with van der Waals surface area (Å²) >= 11 is 9.59. The summed E-state index contributed by atoms with van der Waals surface area (Å²) in [7, 11) is 1.63. The van der Waals surface area contributed by atoms with E-state index in [-0.39, 0.29) is 11.3 Å². The Morgan fingerprint density at radius 2 is 2.09 bits per heavy atom. The highest BCUT2D eigenvalue weighted by Crippen LogP contribution is 2.31. The van der Waals surface area contributed by atoms with Crippen LogP contribution in [0, 0.1) is 0 Å². The van der Waals surface area contributed by atoms with Crippen molar-refractivity contribution < 1.29 is 4.74 Å². The number of ether oxygens (including phenoxy) is 1. The van der Waals surface area contributed by atoms with Crippen LogP contribution in [0.2, 0.25) is 5.28 Å². The van der Waals surface area contributed by atoms with Gasteiger partial charge in [-0.3, -0.25) is 0 Å². The lowest BCUT2D eigenvalue weighted by atomic mass is 10.3. The number of benzene rings is 1. The fourth-order valence-electron chi connectivity index (χ4n) is 2.21. The van der Waals surface area contributed by atoms with E-state index in [0.29, 0.717) is 17.0 Å². The monoisotopic (exact) mass is 395 g/mol. The maximum atomic E-state index is 6.08. The predicted octanol–water partition coefficient (Wildman–Crippen LogP) is 4.58. The predicted molar refractivity (Wildman–Crippen MR) is 94.7 cm³/mol. The Labute approximate surface area is 147 Å². The van der Waals surface area contributed by atoms with Gasteiger partial charge in [-0.2, -0.15) is 9.97 Å². The van der Waals surface area contributed by atoms with Crippen LogP contribution in [0.3, 0.4) is 0 Å². The maximum Gasteiger partial charge on any atom is 0.226 e. The van der Waals surface area contributed by atoms with Crippen molar-refractivity contribution in [2.75, 3.05) is 12.4 Å². The molecule has 0 aliphatic carbocycles. The lowest BCUT2D eigenvalue weighted by Gasteiger charge is -2.11. The highest BCUT2D eigenvalue weighted by Gasteiger charge is 2.15. The number of rotatable bonds is 4. The number of hydrogen-bond donors (Lipinski definition) is 1. The molecule has 0 saturated carbocycles. The van der Waals surface area contributed by atoms with E-state index < -0.39 is 0 Å². The third kappa shape index (κ3) is 3.11. The Morgan fingerprint density at radius 1 is 1.30 bits per heavy atom. The van der Waals surface area contributed by atoms with Gasteiger partial charge in [-0.15, -0.1) is 0 Å². The number of halogens is 2. The fourth-order valence-corrected chi connectivity index (χ4v) is 2.83. The van der Waals surface area contributed by atoms with Crippen LogP contribution in [0.4, 0.5) is 11.5 Å². The Balaban J connectivity index is 2.06. The molecule has 0 spiro atoms. The van der Waals surface area contributed by atoms with Crippen LogP contribution < -0.4 is 10.1 Å². The largest absolute Gasteiger partial charge is 0.497 e. The van der Waals surface area contributed by atoms with Crippen LogP contribution >= 0.6 is 27.5 Å². The first-order valence-corrected chi connectivity index (χ1v) is 8.17. The fraction of sp³-hybridized carbons (Fsp3) is 0.267. The van der Waals surface area contributed by atoms with Crippen molar-refractivity contribution in [3.05, 3.63) is 34.3 Å². The van der Waals surface area contributed by atoms with Gasteiger partial charge in [0, 0.05) is 10.5 Å². The number of hydrogen-bond acceptors (Lipinski definition) is 5. The van der Waals surface area contributed by atoms with Crippen molar-refractivity contribution in [1.82, 2.24) is 19.5 Å². The highest BCUT2D eigenvalue weighted by molar-refractivity contribution is 9.10. The van der Waals surface area contributed by atoms with Crippen LogP contribution in [0.15, 0.2) is 29.0 Å². The Hall–Kier alpha value is -1.86. The Bertz CT molecular complexity index is 864. The van der Waals surface area contributed by atoms with E-state index in [9.17, 15) is 0 Å². The molecule has 1 N–H and O–H groups in total. The van der Waals surface area contributed by atoms with Crippen LogP contribution in [0.5, 0.6) is 5.75 Å². The van der Waals surface area contributed by atoms with Crippen LogP contribution in [-0.2, 0) is 0 Å². The lowest BCUT2D eigenvalue weighted by molar-refractivity contribution is 0.414. The quantitative estimate of drug-likeness (QED) is 0.654. The molecule has 1 aromatic carbocycles. The van der Waals surface area contributed by atoms with E-state index in [0.717, 1.165) is 15.9 Å². The second-order valence-electron chi connectivity index (χ2n) is 5.23. The van der Waals surface area contributed by atoms with Gasteiger partial charge < -0.3 is 14.6 Å². The second kappa shape index (κ2) is 6.33. The molecular formula is C15H15BrClN5O. The summed E-state index contributed by atoms with van der Waals surface area (Å²) in [4.78, 5) is 13.0. The molecule has 23 heavy (non-hydrogen) atoms. The molecule has 0 amide bonds. The average molecular weight is 397 g/mol. The summed E-state index contributed by atoms with van der Waals surface area (Å²) in [6, 6.07) is 5.85. The van der Waals surface area contributed by atoms with Gasteiger partial charge in [0.1, 0.15) is 5.75 Å². The first-order valence-electron chi connectivity index (χ1n) is 7.00. The molecular weight excluding hydrogens is 382 g/mol. The summed E-state index contributed by atoms with van der Waals surface area (Å²) in [5.74, 6) is 1.32. The molecule has 0 saturated heterocycles. The maximum absolute atomic E-state index is 6.08. The van der Waals surface area contributed by atoms with E-state index in [1.165, 1.54) is 0 Å². The molecule has 0 fully saturated rings. The SMILES string of the molecule is COc1ccc(Nc2nc(Cl)nc3c2ncn3C(C)C)c(Br)c1. The van der Waals surface area contributed by atoms with Crippen LogP contribution in [0.1, 0.15) is 19.9 Å². The second-order valence-corrected chi connectivity index (χ2v) is 6.42. The van der Waals surface area contributed by atoms with Crippen molar-refractivity contribution in [3.63, 3.8) is 0 Å². The van der Waals surface area contributed by atoms with Gasteiger partial charge in [0.15, 0.2) is 17.0 Å². The molecule has 0 aliphatic rings. The molecule has 0 bridgehead atoms. The van der Waals surface area contributed by atoms with Gasteiger partial charge in [-0.05, 0) is 59.6 Å². The number of aromatic nitrogens is 4. The van der Waals surface area contributed by atoms with E-state index in [4.69, 9.17) is 16.3 Å². The topological polar surface area (TPSA) is 64.9 Å². The highest BCUT2D eigenvalue weighted by atomic mass is 79.9. The number of imidazole rings is 1. The molecule has 0 radical (unpaired) electrons. The number of nitrogens with one attached hydrogen (secondary N) is 1. The molecule has 0 atom stereocenters. The van der Waals surface area contributed by atoms with Gasteiger partial charge in [-0.1, -0.05) is 0 Å². The first kappa shape index (κ1) is 16.0. The minimum absolute atomic E-state index is 0.173. The molecule has 0 unspecified atom stereocenters. The molecule has 2 aromatic heterocycles. The standard InChI is InChI=1S/C15H15BrClN5O/c1-8(2)22-7-18-12-13(20-15(17)21-14(12)22)19-11-5-4-9(23-3)6-10(11)16/h4-8H,1-3H3,(H,19,20,21). The van der Waals surface area contributed by atoms with Crippen LogP contribution in [0.25, 0.3) is 11.2 Å². The molecule has 2 heterocycles. The number of nitrogens with zero attached hydrogens (tertiary/aromatic N) is 4. The van der Waals surface area contributed by atoms with Crippen molar-refractivity contribution in [2.45, 2.75) is 19.9 Å². The third-order valence-electron chi connectivity index (χ3n) is 3.38. The summed E-state index contributed by atoms with van der Waals surface area (Å²) < 4.78 is 8.00. The van der Waals surface area contributed by atoms with Crippen LogP contribution in [-0.4, -0.2) is 26.6 Å². The molecule has 6 nitrogen and oxygen atoms in total. The van der Waals surface area contributed by atoms with E-state index in [2.05, 4.69) is 50.0 Å². The summed E-state index contributed by atoms with van der Waals surface area (Å²) in [5.41, 5.74) is 2.21. The molecule has 0 aliphatic heterocycles. The summed E-state index contributed by atoms with van der Waals surface area (Å²) in [6.07, 6.45) is 1.74. The zero-order valence-corrected chi connectivity index (χ0v) is 15.2. The minimum Gasteiger partial charge on any atom is -0.497 e. The normalized spacial score (nSPS) is 11.2. The average Bonchev–Trinajstić information content (AvgIpc) is 2.93. The van der Waals surface area contributed by atoms with Gasteiger partial charge in [-0.25, -0.2) is 4.98 Å². The molecule has 3 rings (SSSR count). The van der Waals surface area contributed by atoms with E-state index in [1.807, 2.05) is 22.8 Å². The van der Waals surface area contributed by atoms with Crippen molar-refractivity contribution >= 4 is 50.2 Å². The number of fused-ring (bicyclic) bond motifs is 1. The molecule has 120 valence electrons. The Kier molecular flexibility index (Phi) is 4.41. The molecule has 3 aromatic rings. The number of anilines is 2. The molecule has 8 heteroatoms. The van der Waals surface area contributed by atoms with Gasteiger partial charge >= 0.3 is 0 Å². The van der Waals surface area contributed by atoms with Gasteiger partial charge in [0.25, 0.3) is 0 Å². The Morgan fingerprint density at radius 3 is 2.74 bits per heavy atom. The van der Waals surface area contributed by atoms with Crippen molar-refractivity contribution in [2.24, 2.45) is 0 Å². The first-order chi connectivity index (χ1) is 11.0. The van der Waals surface area contributed by atoms with Crippen molar-refractivity contribution in [3.8, 4) is 5.75 Å². The van der Waals surface area contributed by atoms with E-state index in [1.54, 1.807) is 13.4 Å². The van der Waals surface area contributed by atoms with Gasteiger partial charge in [0.2, 0.25) is 5.28 Å². The smallest absolute Gasteiger partial charge is 0.226 e. The lowest BCUT2D eigenvalue weighted by Crippen LogP contribution is -2.02. The third-order valence-corrected chi connectivity index (χ3v) is 4.20. The van der Waals surface area contributed by atoms with Gasteiger partial charge in [0.05, 0.1) is 19.1 Å².